The number of fused-ring (bicyclic) bond motifs is 1. The fraction of sp³-hybridized carbons (Fsp3) is 0.286. The molecule has 0 bridgehead atoms. The first kappa shape index (κ1) is 19.3. The molecular weight excluding hydrogens is 385 g/mol. The molecule has 8 heteroatoms. The van der Waals surface area contributed by atoms with Crippen LogP contribution in [0.15, 0.2) is 46.9 Å². The highest BCUT2D eigenvalue weighted by molar-refractivity contribution is 5.69. The van der Waals surface area contributed by atoms with Crippen LogP contribution in [0.5, 0.6) is 5.75 Å². The minimum atomic E-state index is -4.81. The molecule has 0 saturated carbocycles. The van der Waals surface area contributed by atoms with Gasteiger partial charge in [0.25, 0.3) is 6.01 Å². The van der Waals surface area contributed by atoms with E-state index in [0.29, 0.717) is 18.5 Å². The van der Waals surface area contributed by atoms with Crippen molar-refractivity contribution >= 4 is 11.7 Å². The summed E-state index contributed by atoms with van der Waals surface area (Å²) in [5.41, 5.74) is 3.48. The molecule has 1 atom stereocenters. The molecule has 0 radical (unpaired) electrons. The average molecular weight is 404 g/mol. The van der Waals surface area contributed by atoms with E-state index in [-0.39, 0.29) is 23.1 Å². The summed E-state index contributed by atoms with van der Waals surface area (Å²) >= 11 is 0. The van der Waals surface area contributed by atoms with Crippen LogP contribution in [0.1, 0.15) is 23.2 Å². The van der Waals surface area contributed by atoms with Gasteiger partial charge in [-0.05, 0) is 49.1 Å². The molecule has 0 fully saturated rings. The molecule has 152 valence electrons. The third-order valence-electron chi connectivity index (χ3n) is 4.86. The molecule has 29 heavy (non-hydrogen) atoms. The lowest BCUT2D eigenvalue weighted by atomic mass is 9.88. The van der Waals surface area contributed by atoms with Crippen molar-refractivity contribution in [2.45, 2.75) is 38.7 Å². The highest BCUT2D eigenvalue weighted by Crippen LogP contribution is 2.37. The van der Waals surface area contributed by atoms with Crippen molar-refractivity contribution in [2.75, 3.05) is 5.32 Å². The zero-order chi connectivity index (χ0) is 20.6. The van der Waals surface area contributed by atoms with Gasteiger partial charge in [0.05, 0.1) is 17.4 Å². The number of aliphatic hydroxyl groups excluding tert-OH is 1. The Hall–Kier alpha value is -3.00. The molecule has 1 unspecified atom stereocenters. The van der Waals surface area contributed by atoms with Crippen LogP contribution in [-0.4, -0.2) is 22.6 Å². The monoisotopic (exact) mass is 404 g/mol. The fourth-order valence-electron chi connectivity index (χ4n) is 3.57. The molecule has 0 amide bonds. The van der Waals surface area contributed by atoms with E-state index < -0.39 is 12.5 Å². The number of alkyl halides is 3. The number of hydrogen-bond donors (Lipinski definition) is 2. The first-order chi connectivity index (χ1) is 13.8. The second-order valence-corrected chi connectivity index (χ2v) is 6.94. The molecule has 1 aliphatic rings. The van der Waals surface area contributed by atoms with Gasteiger partial charge in [-0.15, -0.1) is 13.2 Å². The lowest BCUT2D eigenvalue weighted by Gasteiger charge is -2.23. The number of aryl methyl sites for hydroxylation is 2. The molecule has 0 aliphatic heterocycles. The van der Waals surface area contributed by atoms with Gasteiger partial charge in [-0.2, -0.15) is 4.98 Å². The number of nitrogens with one attached hydrogen (secondary N) is 1. The Kier molecular flexibility index (Phi) is 4.96. The van der Waals surface area contributed by atoms with Gasteiger partial charge in [0.2, 0.25) is 0 Å². The van der Waals surface area contributed by atoms with Crippen LogP contribution < -0.4 is 10.1 Å². The highest BCUT2D eigenvalue weighted by atomic mass is 19.4. The predicted molar refractivity (Wildman–Crippen MR) is 101 cm³/mol. The standard InChI is InChI=1S/C21H19F3N2O3/c1-12-19(15-6-2-3-8-18(15)29-21(22,23)24)28-20(25-12)26-17-7-4-5-13-9-10-14(27)11-16(13)17/h2-8,14,27H,9-11H2,1H3,(H,25,26). The maximum Gasteiger partial charge on any atom is 0.573 e. The lowest BCUT2D eigenvalue weighted by molar-refractivity contribution is -0.274. The molecule has 2 N–H and O–H groups in total. The molecule has 1 aromatic heterocycles. The van der Waals surface area contributed by atoms with E-state index in [1.807, 2.05) is 18.2 Å². The van der Waals surface area contributed by atoms with E-state index >= 15 is 0 Å². The van der Waals surface area contributed by atoms with Gasteiger partial charge in [-0.25, -0.2) is 0 Å². The largest absolute Gasteiger partial charge is 0.573 e. The van der Waals surface area contributed by atoms with Crippen molar-refractivity contribution < 1.29 is 27.4 Å². The molecule has 0 saturated heterocycles. The Balaban J connectivity index is 1.66. The SMILES string of the molecule is Cc1nc(Nc2cccc3c2CC(O)CC3)oc1-c1ccccc1OC(F)(F)F. The number of benzene rings is 2. The zero-order valence-corrected chi connectivity index (χ0v) is 15.6. The van der Waals surface area contributed by atoms with Crippen molar-refractivity contribution in [1.29, 1.82) is 0 Å². The number of oxazole rings is 1. The topological polar surface area (TPSA) is 67.5 Å². The third-order valence-corrected chi connectivity index (χ3v) is 4.86. The van der Waals surface area contributed by atoms with Gasteiger partial charge in [0, 0.05) is 12.1 Å². The van der Waals surface area contributed by atoms with Crippen LogP contribution in [0.3, 0.4) is 0 Å². The summed E-state index contributed by atoms with van der Waals surface area (Å²) in [6, 6.07) is 11.7. The first-order valence-electron chi connectivity index (χ1n) is 9.18. The van der Waals surface area contributed by atoms with Crippen LogP contribution >= 0.6 is 0 Å². The van der Waals surface area contributed by atoms with Crippen LogP contribution in [0, 0.1) is 6.92 Å². The maximum atomic E-state index is 12.7. The van der Waals surface area contributed by atoms with Crippen molar-refractivity contribution in [3.63, 3.8) is 0 Å². The Morgan fingerprint density at radius 3 is 2.76 bits per heavy atom. The van der Waals surface area contributed by atoms with Gasteiger partial charge in [-0.3, -0.25) is 0 Å². The van der Waals surface area contributed by atoms with Gasteiger partial charge in [0.15, 0.2) is 5.76 Å². The van der Waals surface area contributed by atoms with E-state index in [0.717, 1.165) is 23.2 Å². The summed E-state index contributed by atoms with van der Waals surface area (Å²) < 4.78 is 48.0. The Morgan fingerprint density at radius 1 is 1.17 bits per heavy atom. The van der Waals surface area contributed by atoms with Crippen LogP contribution in [-0.2, 0) is 12.8 Å². The first-order valence-corrected chi connectivity index (χ1v) is 9.18. The number of anilines is 2. The Labute approximate surface area is 165 Å². The van der Waals surface area contributed by atoms with E-state index in [1.165, 1.54) is 18.2 Å². The number of ether oxygens (including phenoxy) is 1. The molecule has 2 aromatic carbocycles. The second-order valence-electron chi connectivity index (χ2n) is 6.94. The summed E-state index contributed by atoms with van der Waals surface area (Å²) in [6.07, 6.45) is -3.19. The van der Waals surface area contributed by atoms with Crippen LogP contribution in [0.25, 0.3) is 11.3 Å². The van der Waals surface area contributed by atoms with E-state index in [1.54, 1.807) is 13.0 Å². The second kappa shape index (κ2) is 7.44. The maximum absolute atomic E-state index is 12.7. The molecule has 4 rings (SSSR count). The molecule has 1 heterocycles. The molecular formula is C21H19F3N2O3. The zero-order valence-electron chi connectivity index (χ0n) is 15.6. The summed E-state index contributed by atoms with van der Waals surface area (Å²) in [5, 5.41) is 13.1. The molecule has 1 aliphatic carbocycles. The third kappa shape index (κ3) is 4.22. The summed E-state index contributed by atoms with van der Waals surface area (Å²) in [5.74, 6) is -0.164. The van der Waals surface area contributed by atoms with Crippen molar-refractivity contribution in [2.24, 2.45) is 0 Å². The number of hydrogen-bond acceptors (Lipinski definition) is 5. The smallest absolute Gasteiger partial charge is 0.423 e. The van der Waals surface area contributed by atoms with E-state index in [4.69, 9.17) is 4.42 Å². The van der Waals surface area contributed by atoms with Crippen molar-refractivity contribution in [3.05, 3.63) is 59.3 Å². The lowest BCUT2D eigenvalue weighted by Crippen LogP contribution is -2.19. The fourth-order valence-corrected chi connectivity index (χ4v) is 3.57. The summed E-state index contributed by atoms with van der Waals surface area (Å²) in [6.45, 7) is 1.65. The normalized spacial score (nSPS) is 16.4. The minimum Gasteiger partial charge on any atom is -0.423 e. The van der Waals surface area contributed by atoms with Gasteiger partial charge in [-0.1, -0.05) is 24.3 Å². The number of aliphatic hydroxyl groups is 1. The van der Waals surface area contributed by atoms with E-state index in [2.05, 4.69) is 15.0 Å². The average Bonchev–Trinajstić information content (AvgIpc) is 3.01. The molecule has 0 spiro atoms. The number of rotatable bonds is 4. The Bertz CT molecular complexity index is 1030. The summed E-state index contributed by atoms with van der Waals surface area (Å²) in [4.78, 5) is 4.31. The Morgan fingerprint density at radius 2 is 1.97 bits per heavy atom. The van der Waals surface area contributed by atoms with Crippen molar-refractivity contribution in [1.82, 2.24) is 4.98 Å². The molecule has 3 aromatic rings. The highest BCUT2D eigenvalue weighted by Gasteiger charge is 2.33. The number of para-hydroxylation sites is 1. The van der Waals surface area contributed by atoms with Gasteiger partial charge >= 0.3 is 6.36 Å². The van der Waals surface area contributed by atoms with Gasteiger partial charge in [0.1, 0.15) is 5.75 Å². The van der Waals surface area contributed by atoms with Crippen LogP contribution in [0.2, 0.25) is 0 Å². The quantitative estimate of drug-likeness (QED) is 0.630. The van der Waals surface area contributed by atoms with Gasteiger partial charge < -0.3 is 19.6 Å². The number of aromatic nitrogens is 1. The van der Waals surface area contributed by atoms with Crippen molar-refractivity contribution in [3.8, 4) is 17.1 Å². The number of halogens is 3. The number of nitrogens with zero attached hydrogens (tertiary/aromatic N) is 1. The predicted octanol–water partition coefficient (Wildman–Crippen LogP) is 5.14. The van der Waals surface area contributed by atoms with Crippen LogP contribution in [0.4, 0.5) is 24.9 Å². The summed E-state index contributed by atoms with van der Waals surface area (Å²) in [7, 11) is 0. The molecule has 5 nitrogen and oxygen atoms in total. The minimum absolute atomic E-state index is 0.160. The van der Waals surface area contributed by atoms with E-state index in [9.17, 15) is 18.3 Å².